The van der Waals surface area contributed by atoms with Crippen LogP contribution in [0, 0.1) is 5.92 Å². The van der Waals surface area contributed by atoms with Crippen molar-refractivity contribution in [2.75, 3.05) is 26.9 Å². The Bertz CT molecular complexity index is 1010. The van der Waals surface area contributed by atoms with Gasteiger partial charge in [0.2, 0.25) is 5.91 Å². The van der Waals surface area contributed by atoms with Crippen LogP contribution in [0.15, 0.2) is 35.5 Å². The summed E-state index contributed by atoms with van der Waals surface area (Å²) in [5.41, 5.74) is 0.943. The van der Waals surface area contributed by atoms with Gasteiger partial charge < -0.3 is 29.7 Å². The second kappa shape index (κ2) is 10.8. The first-order chi connectivity index (χ1) is 16.9. The molecule has 0 aromatic heterocycles. The van der Waals surface area contributed by atoms with Gasteiger partial charge in [-0.1, -0.05) is 25.0 Å². The van der Waals surface area contributed by atoms with E-state index < -0.39 is 29.9 Å². The number of ether oxygens (including phenoxy) is 3. The molecule has 3 amide bonds. The molecule has 2 aliphatic heterocycles. The molecule has 2 atom stereocenters. The number of nitrogens with one attached hydrogen (secondary N) is 2. The third kappa shape index (κ3) is 5.41. The van der Waals surface area contributed by atoms with Gasteiger partial charge in [-0.2, -0.15) is 0 Å². The molecule has 0 spiro atoms. The van der Waals surface area contributed by atoms with Crippen LogP contribution in [0.2, 0.25) is 0 Å². The fraction of sp³-hybridized carbons (Fsp3) is 0.520. The Morgan fingerprint density at radius 3 is 2.46 bits per heavy atom. The number of benzene rings is 1. The van der Waals surface area contributed by atoms with E-state index in [2.05, 4.69) is 10.6 Å². The lowest BCUT2D eigenvalue weighted by Crippen LogP contribution is -2.47. The number of esters is 2. The Hall–Kier alpha value is -3.56. The summed E-state index contributed by atoms with van der Waals surface area (Å²) in [4.78, 5) is 52.4. The van der Waals surface area contributed by atoms with Crippen LogP contribution in [0.1, 0.15) is 50.6 Å². The zero-order valence-electron chi connectivity index (χ0n) is 20.0. The number of amides is 3. The molecule has 1 saturated carbocycles. The molecule has 188 valence electrons. The minimum atomic E-state index is -0.798. The normalized spacial score (nSPS) is 22.6. The maximum Gasteiger partial charge on any atom is 0.338 e. The number of urea groups is 1. The van der Waals surface area contributed by atoms with Crippen LogP contribution in [-0.4, -0.2) is 61.7 Å². The first-order valence-electron chi connectivity index (χ1n) is 12.0. The van der Waals surface area contributed by atoms with Crippen molar-refractivity contribution in [2.24, 2.45) is 5.92 Å². The van der Waals surface area contributed by atoms with Gasteiger partial charge in [0.05, 0.1) is 36.9 Å². The first-order valence-corrected chi connectivity index (χ1v) is 12.0. The van der Waals surface area contributed by atoms with Gasteiger partial charge in [-0.25, -0.2) is 9.59 Å². The average molecular weight is 486 g/mol. The number of methoxy groups -OCH3 is 1. The summed E-state index contributed by atoms with van der Waals surface area (Å²) in [6, 6.07) is 5.78. The van der Waals surface area contributed by atoms with Crippen molar-refractivity contribution in [1.29, 1.82) is 0 Å². The smallest absolute Gasteiger partial charge is 0.338 e. The molecule has 2 N–H and O–H groups in total. The molecule has 0 radical (unpaired) electrons. The number of carbonyl (C=O) groups is 4. The Balaban J connectivity index is 1.51. The largest absolute Gasteiger partial charge is 0.497 e. The van der Waals surface area contributed by atoms with Crippen LogP contribution in [0.25, 0.3) is 0 Å². The molecular weight excluding hydrogens is 454 g/mol. The molecule has 2 fully saturated rings. The van der Waals surface area contributed by atoms with Crippen molar-refractivity contribution in [2.45, 2.75) is 51.1 Å². The quantitative estimate of drug-likeness (QED) is 0.541. The van der Waals surface area contributed by atoms with Crippen molar-refractivity contribution in [1.82, 2.24) is 15.5 Å². The van der Waals surface area contributed by atoms with Crippen molar-refractivity contribution in [3.05, 3.63) is 41.1 Å². The van der Waals surface area contributed by atoms with Gasteiger partial charge in [-0.15, -0.1) is 0 Å². The fourth-order valence-corrected chi connectivity index (χ4v) is 4.95. The lowest BCUT2D eigenvalue weighted by atomic mass is 9.95. The van der Waals surface area contributed by atoms with Crippen LogP contribution in [0.4, 0.5) is 4.79 Å². The highest BCUT2D eigenvalue weighted by atomic mass is 16.5. The zero-order chi connectivity index (χ0) is 24.9. The molecule has 1 aliphatic carbocycles. The standard InChI is InChI=1S/C25H31N3O7/c1-3-34-24(31)21-19(26-25(32)27-22(21)15-8-10-18(33-2)11-9-15)14-35-23(30)16-12-20(29)28(13-16)17-6-4-5-7-17/h8-11,16-17,22H,3-7,12-14H2,1-2H3,(H2,26,27,32)/t16-,22+/m0/s1. The fourth-order valence-electron chi connectivity index (χ4n) is 4.95. The summed E-state index contributed by atoms with van der Waals surface area (Å²) in [7, 11) is 1.54. The summed E-state index contributed by atoms with van der Waals surface area (Å²) < 4.78 is 15.9. The molecular formula is C25H31N3O7. The molecule has 10 heteroatoms. The second-order valence-electron chi connectivity index (χ2n) is 8.91. The summed E-state index contributed by atoms with van der Waals surface area (Å²) in [6.07, 6.45) is 4.24. The van der Waals surface area contributed by atoms with Gasteiger partial charge >= 0.3 is 18.0 Å². The van der Waals surface area contributed by atoms with Gasteiger partial charge in [-0.05, 0) is 37.5 Å². The highest BCUT2D eigenvalue weighted by Gasteiger charge is 2.40. The van der Waals surface area contributed by atoms with E-state index in [1.54, 1.807) is 43.2 Å². The zero-order valence-corrected chi connectivity index (χ0v) is 20.0. The number of hydrogen-bond donors (Lipinski definition) is 2. The maximum absolute atomic E-state index is 12.9. The van der Waals surface area contributed by atoms with E-state index in [1.165, 1.54) is 0 Å². The maximum atomic E-state index is 12.9. The Morgan fingerprint density at radius 1 is 1.09 bits per heavy atom. The van der Waals surface area contributed by atoms with Gasteiger partial charge in [0, 0.05) is 19.0 Å². The third-order valence-electron chi connectivity index (χ3n) is 6.71. The second-order valence-corrected chi connectivity index (χ2v) is 8.91. The Kier molecular flexibility index (Phi) is 7.57. The lowest BCUT2D eigenvalue weighted by molar-refractivity contribution is -0.148. The highest BCUT2D eigenvalue weighted by Crippen LogP contribution is 2.31. The monoisotopic (exact) mass is 485 g/mol. The van der Waals surface area contributed by atoms with E-state index in [9.17, 15) is 19.2 Å². The average Bonchev–Trinajstić information content (AvgIpc) is 3.52. The summed E-state index contributed by atoms with van der Waals surface area (Å²) >= 11 is 0. The van der Waals surface area contributed by atoms with Crippen LogP contribution in [-0.2, 0) is 23.9 Å². The Labute approximate surface area is 204 Å². The number of hydrogen-bond acceptors (Lipinski definition) is 7. The van der Waals surface area contributed by atoms with Crippen LogP contribution < -0.4 is 15.4 Å². The highest BCUT2D eigenvalue weighted by molar-refractivity contribution is 5.95. The first kappa shape index (κ1) is 24.6. The van der Waals surface area contributed by atoms with Crippen molar-refractivity contribution >= 4 is 23.9 Å². The van der Waals surface area contributed by atoms with Gasteiger partial charge in [-0.3, -0.25) is 9.59 Å². The predicted molar refractivity (Wildman–Crippen MR) is 124 cm³/mol. The van der Waals surface area contributed by atoms with E-state index in [-0.39, 0.29) is 42.9 Å². The molecule has 1 saturated heterocycles. The van der Waals surface area contributed by atoms with Crippen molar-refractivity contribution in [3.8, 4) is 5.75 Å². The van der Waals surface area contributed by atoms with Crippen molar-refractivity contribution < 1.29 is 33.4 Å². The van der Waals surface area contributed by atoms with E-state index in [0.717, 1.165) is 25.7 Å². The molecule has 0 bridgehead atoms. The topological polar surface area (TPSA) is 123 Å². The molecule has 1 aromatic carbocycles. The minimum Gasteiger partial charge on any atom is -0.497 e. The lowest BCUT2D eigenvalue weighted by Gasteiger charge is -2.29. The SMILES string of the molecule is CCOC(=O)C1=C(COC(=O)[C@H]2CC(=O)N(C3CCCC3)C2)NC(=O)N[C@@H]1c1ccc(OC)cc1. The summed E-state index contributed by atoms with van der Waals surface area (Å²) in [5, 5.41) is 5.32. The molecule has 3 aliphatic rings. The van der Waals surface area contributed by atoms with Crippen LogP contribution in [0.3, 0.4) is 0 Å². The molecule has 0 unspecified atom stereocenters. The van der Waals surface area contributed by atoms with E-state index >= 15 is 0 Å². The van der Waals surface area contributed by atoms with E-state index in [4.69, 9.17) is 14.2 Å². The predicted octanol–water partition coefficient (Wildman–Crippen LogP) is 2.20. The number of nitrogens with zero attached hydrogens (tertiary/aromatic N) is 1. The minimum absolute atomic E-state index is 0.0278. The number of rotatable bonds is 8. The Morgan fingerprint density at radius 2 is 1.80 bits per heavy atom. The molecule has 4 rings (SSSR count). The summed E-state index contributed by atoms with van der Waals surface area (Å²) in [5.74, 6) is -1.12. The molecule has 35 heavy (non-hydrogen) atoms. The molecule has 2 heterocycles. The van der Waals surface area contributed by atoms with Crippen LogP contribution >= 0.6 is 0 Å². The van der Waals surface area contributed by atoms with E-state index in [0.29, 0.717) is 17.9 Å². The molecule has 1 aromatic rings. The molecule has 10 nitrogen and oxygen atoms in total. The third-order valence-corrected chi connectivity index (χ3v) is 6.71. The number of likely N-dealkylation sites (tertiary alicyclic amines) is 1. The number of carbonyl (C=O) groups excluding carboxylic acids is 4. The van der Waals surface area contributed by atoms with Crippen molar-refractivity contribution in [3.63, 3.8) is 0 Å². The van der Waals surface area contributed by atoms with Gasteiger partial charge in [0.25, 0.3) is 0 Å². The summed E-state index contributed by atoms with van der Waals surface area (Å²) in [6.45, 7) is 1.85. The van der Waals surface area contributed by atoms with Gasteiger partial charge in [0.1, 0.15) is 12.4 Å². The van der Waals surface area contributed by atoms with Crippen LogP contribution in [0.5, 0.6) is 5.75 Å². The van der Waals surface area contributed by atoms with Gasteiger partial charge in [0.15, 0.2) is 0 Å². The van der Waals surface area contributed by atoms with E-state index in [1.807, 2.05) is 0 Å².